The van der Waals surface area contributed by atoms with Crippen LogP contribution in [0.4, 0.5) is 5.69 Å². The second-order valence-corrected chi connectivity index (χ2v) is 9.45. The van der Waals surface area contributed by atoms with Gasteiger partial charge in [0.05, 0.1) is 17.1 Å². The SMILES string of the molecule is COCCCN1C(=O)/C(=C/c2cn(Cc3ccc(C(=O)O)o3)c3ccccc23)SC1=Nc1ccccc1. The molecular formula is C28H25N3O5S. The lowest BCUT2D eigenvalue weighted by atomic mass is 10.1. The summed E-state index contributed by atoms with van der Waals surface area (Å²) in [5.41, 5.74) is 2.62. The van der Waals surface area contributed by atoms with Crippen LogP contribution in [-0.4, -0.2) is 51.9 Å². The number of aromatic carboxylic acids is 1. The van der Waals surface area contributed by atoms with E-state index >= 15 is 0 Å². The van der Waals surface area contributed by atoms with Crippen molar-refractivity contribution in [1.29, 1.82) is 0 Å². The number of carboxylic acid groups (broad SMARTS) is 1. The molecule has 0 saturated carbocycles. The van der Waals surface area contributed by atoms with E-state index in [-0.39, 0.29) is 11.7 Å². The molecule has 4 aromatic rings. The quantitative estimate of drug-likeness (QED) is 0.230. The smallest absolute Gasteiger partial charge is 0.371 e. The van der Waals surface area contributed by atoms with E-state index in [0.29, 0.717) is 42.0 Å². The molecule has 0 atom stereocenters. The number of carbonyl (C=O) groups excluding carboxylic acids is 1. The molecular weight excluding hydrogens is 490 g/mol. The van der Waals surface area contributed by atoms with E-state index in [1.54, 1.807) is 18.1 Å². The number of fused-ring (bicyclic) bond motifs is 1. The van der Waals surface area contributed by atoms with E-state index in [9.17, 15) is 9.59 Å². The number of furan rings is 1. The van der Waals surface area contributed by atoms with E-state index < -0.39 is 5.97 Å². The van der Waals surface area contributed by atoms with Crippen molar-refractivity contribution in [2.45, 2.75) is 13.0 Å². The van der Waals surface area contributed by atoms with Gasteiger partial charge in [0.1, 0.15) is 5.76 Å². The zero-order chi connectivity index (χ0) is 25.8. The molecule has 2 aromatic heterocycles. The number of hydrogen-bond acceptors (Lipinski definition) is 6. The van der Waals surface area contributed by atoms with Gasteiger partial charge in [-0.15, -0.1) is 0 Å². The van der Waals surface area contributed by atoms with Crippen LogP contribution in [0.15, 0.2) is 87.2 Å². The summed E-state index contributed by atoms with van der Waals surface area (Å²) in [6.45, 7) is 1.42. The number of amides is 1. The molecule has 5 rings (SSSR count). The van der Waals surface area contributed by atoms with Gasteiger partial charge in [-0.3, -0.25) is 9.69 Å². The molecule has 0 radical (unpaired) electrons. The molecule has 1 aliphatic heterocycles. The molecule has 1 fully saturated rings. The summed E-state index contributed by atoms with van der Waals surface area (Å²) < 4.78 is 12.6. The van der Waals surface area contributed by atoms with Crippen LogP contribution in [0.3, 0.4) is 0 Å². The molecule has 1 saturated heterocycles. The lowest BCUT2D eigenvalue weighted by Gasteiger charge is -2.15. The van der Waals surface area contributed by atoms with Crippen LogP contribution in [0, 0.1) is 0 Å². The Morgan fingerprint density at radius 2 is 1.89 bits per heavy atom. The molecule has 0 aliphatic carbocycles. The fourth-order valence-electron chi connectivity index (χ4n) is 4.18. The minimum Gasteiger partial charge on any atom is -0.475 e. The maximum atomic E-state index is 13.4. The van der Waals surface area contributed by atoms with Crippen molar-refractivity contribution in [3.05, 3.63) is 94.9 Å². The minimum atomic E-state index is -1.10. The topological polar surface area (TPSA) is 97.3 Å². The number of para-hydroxylation sites is 2. The molecule has 1 aliphatic rings. The number of ether oxygens (including phenoxy) is 1. The lowest BCUT2D eigenvalue weighted by Crippen LogP contribution is -2.30. The van der Waals surface area contributed by atoms with Crippen molar-refractivity contribution >= 4 is 51.5 Å². The fourth-order valence-corrected chi connectivity index (χ4v) is 5.19. The molecule has 0 bridgehead atoms. The van der Waals surface area contributed by atoms with Gasteiger partial charge in [-0.25, -0.2) is 9.79 Å². The molecule has 9 heteroatoms. The van der Waals surface area contributed by atoms with Crippen molar-refractivity contribution in [1.82, 2.24) is 9.47 Å². The number of nitrogens with zero attached hydrogens (tertiary/aromatic N) is 3. The average Bonchev–Trinajstić information content (AvgIpc) is 3.59. The van der Waals surface area contributed by atoms with E-state index in [4.69, 9.17) is 19.3 Å². The maximum Gasteiger partial charge on any atom is 0.371 e. The Hall–Kier alpha value is -4.08. The summed E-state index contributed by atoms with van der Waals surface area (Å²) in [6, 6.07) is 20.6. The van der Waals surface area contributed by atoms with Gasteiger partial charge in [-0.05, 0) is 54.6 Å². The van der Waals surface area contributed by atoms with Crippen LogP contribution in [0.5, 0.6) is 0 Å². The number of hydrogen-bond donors (Lipinski definition) is 1. The molecule has 0 spiro atoms. The molecule has 8 nitrogen and oxygen atoms in total. The fraction of sp³-hybridized carbons (Fsp3) is 0.179. The Kier molecular flexibility index (Phi) is 7.25. The highest BCUT2D eigenvalue weighted by molar-refractivity contribution is 8.18. The summed E-state index contributed by atoms with van der Waals surface area (Å²) in [5, 5.41) is 10.8. The Bertz CT molecular complexity index is 1500. The number of benzene rings is 2. The summed E-state index contributed by atoms with van der Waals surface area (Å²) in [4.78, 5) is 31.7. The standard InChI is InChI=1S/C28H25N3O5S/c1-35-15-7-14-31-26(32)25(37-28(31)29-20-8-3-2-4-9-20)16-19-17-30(23-11-6-5-10-22(19)23)18-21-12-13-24(36-21)27(33)34/h2-6,8-13,16-17H,7,14-15,18H2,1H3,(H,33,34)/b25-16-,29-28?. The Morgan fingerprint density at radius 1 is 1.11 bits per heavy atom. The van der Waals surface area contributed by atoms with Crippen LogP contribution in [0.25, 0.3) is 17.0 Å². The predicted molar refractivity (Wildman–Crippen MR) is 144 cm³/mol. The third kappa shape index (κ3) is 5.37. The summed E-state index contributed by atoms with van der Waals surface area (Å²) >= 11 is 1.36. The van der Waals surface area contributed by atoms with Gasteiger partial charge in [-0.2, -0.15) is 0 Å². The zero-order valence-electron chi connectivity index (χ0n) is 20.2. The molecule has 1 amide bonds. The van der Waals surface area contributed by atoms with E-state index in [1.807, 2.05) is 71.4 Å². The van der Waals surface area contributed by atoms with Gasteiger partial charge in [0.15, 0.2) is 5.17 Å². The van der Waals surface area contributed by atoms with Gasteiger partial charge in [0.2, 0.25) is 5.76 Å². The molecule has 2 aromatic carbocycles. The summed E-state index contributed by atoms with van der Waals surface area (Å²) in [5.74, 6) is -0.760. The van der Waals surface area contributed by atoms with Crippen LogP contribution in [0.2, 0.25) is 0 Å². The Balaban J connectivity index is 1.49. The highest BCUT2D eigenvalue weighted by Crippen LogP contribution is 2.36. The summed E-state index contributed by atoms with van der Waals surface area (Å²) in [6.07, 6.45) is 4.55. The van der Waals surface area contributed by atoms with Crippen molar-refractivity contribution in [2.75, 3.05) is 20.3 Å². The number of rotatable bonds is 9. The first kappa shape index (κ1) is 24.6. The van der Waals surface area contributed by atoms with Crippen LogP contribution in [-0.2, 0) is 16.1 Å². The second-order valence-electron chi connectivity index (χ2n) is 8.44. The van der Waals surface area contributed by atoms with Crippen LogP contribution in [0.1, 0.15) is 28.3 Å². The largest absolute Gasteiger partial charge is 0.475 e. The van der Waals surface area contributed by atoms with Crippen LogP contribution >= 0.6 is 11.8 Å². The highest BCUT2D eigenvalue weighted by Gasteiger charge is 2.33. The maximum absolute atomic E-state index is 13.4. The number of aromatic nitrogens is 1. The first-order chi connectivity index (χ1) is 18.0. The van der Waals surface area contributed by atoms with E-state index in [2.05, 4.69) is 0 Å². The first-order valence-electron chi connectivity index (χ1n) is 11.8. The zero-order valence-corrected chi connectivity index (χ0v) is 21.0. The van der Waals surface area contributed by atoms with E-state index in [0.717, 1.165) is 22.2 Å². The van der Waals surface area contributed by atoms with E-state index in [1.165, 1.54) is 17.8 Å². The molecule has 1 N–H and O–H groups in total. The van der Waals surface area contributed by atoms with Gasteiger partial charge in [-0.1, -0.05) is 36.4 Å². The Labute approximate surface area is 217 Å². The van der Waals surface area contributed by atoms with Gasteiger partial charge in [0, 0.05) is 42.9 Å². The van der Waals surface area contributed by atoms with Crippen LogP contribution < -0.4 is 0 Å². The average molecular weight is 516 g/mol. The highest BCUT2D eigenvalue weighted by atomic mass is 32.2. The Morgan fingerprint density at radius 3 is 2.65 bits per heavy atom. The van der Waals surface area contributed by atoms with Gasteiger partial charge < -0.3 is 18.8 Å². The monoisotopic (exact) mass is 515 g/mol. The summed E-state index contributed by atoms with van der Waals surface area (Å²) in [7, 11) is 1.64. The lowest BCUT2D eigenvalue weighted by molar-refractivity contribution is -0.122. The first-order valence-corrected chi connectivity index (χ1v) is 12.6. The number of thioether (sulfide) groups is 1. The third-order valence-electron chi connectivity index (χ3n) is 5.90. The normalized spacial score (nSPS) is 15.9. The number of amidine groups is 1. The van der Waals surface area contributed by atoms with Crippen molar-refractivity contribution in [3.63, 3.8) is 0 Å². The van der Waals surface area contributed by atoms with Crippen molar-refractivity contribution < 1.29 is 23.8 Å². The second kappa shape index (κ2) is 10.9. The molecule has 3 heterocycles. The number of carbonyl (C=O) groups is 2. The number of carboxylic acids is 1. The molecule has 188 valence electrons. The molecule has 37 heavy (non-hydrogen) atoms. The number of methoxy groups -OCH3 is 1. The predicted octanol–water partition coefficient (Wildman–Crippen LogP) is 5.62. The van der Waals surface area contributed by atoms with Gasteiger partial charge >= 0.3 is 5.97 Å². The molecule has 0 unspecified atom stereocenters. The minimum absolute atomic E-state index is 0.0928. The van der Waals surface area contributed by atoms with Crippen molar-refractivity contribution in [2.24, 2.45) is 4.99 Å². The van der Waals surface area contributed by atoms with Crippen molar-refractivity contribution in [3.8, 4) is 0 Å². The number of aliphatic imine (C=N–C) groups is 1. The third-order valence-corrected chi connectivity index (χ3v) is 6.91. The van der Waals surface area contributed by atoms with Gasteiger partial charge in [0.25, 0.3) is 5.91 Å².